The van der Waals surface area contributed by atoms with Crippen molar-refractivity contribution in [2.24, 2.45) is 7.05 Å². The molecule has 4 heterocycles. The number of carbonyl (C=O) groups excluding carboxylic acids is 1. The molecule has 4 aromatic heterocycles. The van der Waals surface area contributed by atoms with E-state index in [1.54, 1.807) is 28.9 Å². The van der Waals surface area contributed by atoms with Gasteiger partial charge in [-0.2, -0.15) is 5.10 Å². The largest absolute Gasteiger partial charge is 0.350 e. The third kappa shape index (κ3) is 3.46. The molecule has 0 unspecified atom stereocenters. The number of pyridine rings is 2. The fraction of sp³-hybridized carbons (Fsp3) is 0.300. The van der Waals surface area contributed by atoms with Crippen LogP contribution in [0.25, 0.3) is 21.9 Å². The van der Waals surface area contributed by atoms with Crippen LogP contribution < -0.4 is 10.4 Å². The maximum absolute atomic E-state index is 12.8. The van der Waals surface area contributed by atoms with E-state index < -0.39 is 0 Å². The smallest absolute Gasteiger partial charge is 0.286 e. The number of anilines is 1. The summed E-state index contributed by atoms with van der Waals surface area (Å²) in [6, 6.07) is 5.25. The van der Waals surface area contributed by atoms with Crippen molar-refractivity contribution in [3.8, 4) is 0 Å². The van der Waals surface area contributed by atoms with E-state index in [1.807, 2.05) is 20.0 Å². The molecular weight excluding hydrogens is 425 g/mol. The number of carbonyl (C=O) groups is 1. The molecule has 0 radical (unpaired) electrons. The summed E-state index contributed by atoms with van der Waals surface area (Å²) in [7, 11) is 3.61. The van der Waals surface area contributed by atoms with Crippen molar-refractivity contribution in [2.45, 2.75) is 26.7 Å². The summed E-state index contributed by atoms with van der Waals surface area (Å²) < 4.78 is 1.76. The van der Waals surface area contributed by atoms with Crippen molar-refractivity contribution in [2.75, 3.05) is 12.1 Å². The van der Waals surface area contributed by atoms with E-state index >= 15 is 0 Å². The molecule has 30 heavy (non-hydrogen) atoms. The van der Waals surface area contributed by atoms with E-state index in [4.69, 9.17) is 28.2 Å². The van der Waals surface area contributed by atoms with Gasteiger partial charge in [-0.25, -0.2) is 9.97 Å². The number of halogens is 2. The number of aryl methyl sites for hydroxylation is 2. The molecule has 4 rings (SSSR count). The highest BCUT2D eigenvalue weighted by Gasteiger charge is 2.19. The van der Waals surface area contributed by atoms with Crippen LogP contribution in [-0.4, -0.2) is 37.7 Å². The Kier molecular flexibility index (Phi) is 5.07. The second kappa shape index (κ2) is 7.45. The highest BCUT2D eigenvalue weighted by atomic mass is 35.5. The van der Waals surface area contributed by atoms with Gasteiger partial charge in [0.1, 0.15) is 21.8 Å². The molecule has 0 atom stereocenters. The average molecular weight is 446 g/mol. The number of rotatable bonds is 4. The molecule has 0 aliphatic heterocycles. The van der Waals surface area contributed by atoms with Gasteiger partial charge >= 0.3 is 0 Å². The Morgan fingerprint density at radius 3 is 2.67 bits per heavy atom. The van der Waals surface area contributed by atoms with Crippen LogP contribution in [-0.2, 0) is 7.05 Å². The number of hydrogen-bond donors (Lipinski definition) is 2. The molecule has 0 bridgehead atoms. The second-order valence-corrected chi connectivity index (χ2v) is 8.26. The zero-order valence-electron chi connectivity index (χ0n) is 17.2. The number of H-pyrrole nitrogens is 1. The molecule has 0 aliphatic rings. The minimum Gasteiger partial charge on any atom is -0.350 e. The van der Waals surface area contributed by atoms with Gasteiger partial charge in [-0.3, -0.25) is 19.9 Å². The van der Waals surface area contributed by atoms with Crippen molar-refractivity contribution >= 4 is 56.9 Å². The van der Waals surface area contributed by atoms with Gasteiger partial charge in [-0.1, -0.05) is 37.0 Å². The lowest BCUT2D eigenvalue weighted by Gasteiger charge is -2.21. The molecule has 10 heteroatoms. The molecule has 2 N–H and O–H groups in total. The fourth-order valence-electron chi connectivity index (χ4n) is 3.54. The molecular formula is C20H21Cl2N7O. The standard InChI is InChI=1S/C20H21Cl2N7O/c1-9(2)11-7-16(25-19-17(11)10(3)26-29(19)5)28(4)27-20(30)14-6-12-13(23-14)8-15(21)24-18(12)22/h6-9,23H,1-5H3,(H,27,30). The normalized spacial score (nSPS) is 11.6. The van der Waals surface area contributed by atoms with Gasteiger partial charge in [0.05, 0.1) is 11.2 Å². The van der Waals surface area contributed by atoms with E-state index in [0.29, 0.717) is 22.4 Å². The number of fused-ring (bicyclic) bond motifs is 2. The van der Waals surface area contributed by atoms with Crippen molar-refractivity contribution in [3.63, 3.8) is 0 Å². The first-order chi connectivity index (χ1) is 14.2. The number of aromatic nitrogens is 5. The van der Waals surface area contributed by atoms with Crippen molar-refractivity contribution < 1.29 is 4.79 Å². The predicted molar refractivity (Wildman–Crippen MR) is 119 cm³/mol. The Morgan fingerprint density at radius 1 is 1.23 bits per heavy atom. The van der Waals surface area contributed by atoms with Crippen LogP contribution in [0.2, 0.25) is 10.3 Å². The third-order valence-corrected chi connectivity index (χ3v) is 5.49. The van der Waals surface area contributed by atoms with Crippen LogP contribution in [0, 0.1) is 6.92 Å². The number of nitrogens with zero attached hydrogens (tertiary/aromatic N) is 5. The van der Waals surface area contributed by atoms with Crippen LogP contribution in [0.15, 0.2) is 18.2 Å². The average Bonchev–Trinajstić information content (AvgIpc) is 3.22. The van der Waals surface area contributed by atoms with Gasteiger partial charge in [0.15, 0.2) is 5.65 Å². The number of hydrogen-bond acceptors (Lipinski definition) is 5. The van der Waals surface area contributed by atoms with Crippen LogP contribution in [0.1, 0.15) is 41.5 Å². The lowest BCUT2D eigenvalue weighted by molar-refractivity contribution is 0.0947. The van der Waals surface area contributed by atoms with Gasteiger partial charge in [0.25, 0.3) is 5.91 Å². The Hall–Kier alpha value is -2.84. The van der Waals surface area contributed by atoms with E-state index in [2.05, 4.69) is 34.3 Å². The van der Waals surface area contributed by atoms with E-state index in [1.165, 1.54) is 0 Å². The van der Waals surface area contributed by atoms with Gasteiger partial charge in [0, 0.05) is 24.9 Å². The van der Waals surface area contributed by atoms with Crippen LogP contribution in [0.5, 0.6) is 0 Å². The SMILES string of the molecule is Cc1nn(C)c2nc(N(C)NC(=O)c3cc4c(Cl)nc(Cl)cc4[nH]3)cc(C(C)C)c12. The molecule has 1 amide bonds. The van der Waals surface area contributed by atoms with Gasteiger partial charge in [-0.15, -0.1) is 0 Å². The second-order valence-electron chi connectivity index (χ2n) is 7.51. The first-order valence-corrected chi connectivity index (χ1v) is 10.1. The molecule has 0 aromatic carbocycles. The molecule has 0 saturated carbocycles. The monoisotopic (exact) mass is 445 g/mol. The van der Waals surface area contributed by atoms with Crippen molar-refractivity contribution in [3.05, 3.63) is 45.5 Å². The van der Waals surface area contributed by atoms with Gasteiger partial charge < -0.3 is 4.98 Å². The Labute approximate surface area is 183 Å². The highest BCUT2D eigenvalue weighted by Crippen LogP contribution is 2.30. The number of amides is 1. The lowest BCUT2D eigenvalue weighted by Crippen LogP contribution is -2.40. The van der Waals surface area contributed by atoms with E-state index in [9.17, 15) is 4.79 Å². The van der Waals surface area contributed by atoms with Crippen molar-refractivity contribution in [1.29, 1.82) is 0 Å². The Morgan fingerprint density at radius 2 is 1.97 bits per heavy atom. The summed E-state index contributed by atoms with van der Waals surface area (Å²) >= 11 is 12.1. The zero-order chi connectivity index (χ0) is 21.7. The maximum Gasteiger partial charge on any atom is 0.286 e. The summed E-state index contributed by atoms with van der Waals surface area (Å²) in [5, 5.41) is 8.25. The molecule has 0 saturated heterocycles. The molecule has 0 spiro atoms. The third-order valence-electron chi connectivity index (χ3n) is 5.00. The van der Waals surface area contributed by atoms with Gasteiger partial charge in [-0.05, 0) is 36.6 Å². The summed E-state index contributed by atoms with van der Waals surface area (Å²) in [5.41, 5.74) is 6.65. The van der Waals surface area contributed by atoms with Crippen LogP contribution in [0.4, 0.5) is 5.82 Å². The first kappa shape index (κ1) is 20.4. The number of nitrogens with one attached hydrogen (secondary N) is 2. The predicted octanol–water partition coefficient (Wildman–Crippen LogP) is 4.36. The Balaban J connectivity index is 1.67. The minimum atomic E-state index is -0.338. The topological polar surface area (TPSA) is 91.7 Å². The molecule has 0 aliphatic carbocycles. The number of aromatic amines is 1. The van der Waals surface area contributed by atoms with E-state index in [0.717, 1.165) is 22.3 Å². The van der Waals surface area contributed by atoms with Crippen molar-refractivity contribution in [1.82, 2.24) is 30.2 Å². The summed E-state index contributed by atoms with van der Waals surface area (Å²) in [5.74, 6) is 0.547. The summed E-state index contributed by atoms with van der Waals surface area (Å²) in [6.07, 6.45) is 0. The first-order valence-electron chi connectivity index (χ1n) is 9.39. The summed E-state index contributed by atoms with van der Waals surface area (Å²) in [4.78, 5) is 24.6. The van der Waals surface area contributed by atoms with E-state index in [-0.39, 0.29) is 22.1 Å². The Bertz CT molecular complexity index is 1290. The summed E-state index contributed by atoms with van der Waals surface area (Å²) in [6.45, 7) is 6.22. The lowest BCUT2D eigenvalue weighted by atomic mass is 10.00. The maximum atomic E-state index is 12.8. The molecule has 8 nitrogen and oxygen atoms in total. The molecule has 0 fully saturated rings. The van der Waals surface area contributed by atoms with Crippen LogP contribution >= 0.6 is 23.2 Å². The molecule has 4 aromatic rings. The van der Waals surface area contributed by atoms with Gasteiger partial charge in [0.2, 0.25) is 0 Å². The quantitative estimate of drug-likeness (QED) is 0.359. The zero-order valence-corrected chi connectivity index (χ0v) is 18.7. The highest BCUT2D eigenvalue weighted by molar-refractivity contribution is 6.36. The fourth-order valence-corrected chi connectivity index (χ4v) is 4.03. The minimum absolute atomic E-state index is 0.237. The molecule has 156 valence electrons. The number of hydrazine groups is 1. The van der Waals surface area contributed by atoms with Crippen LogP contribution in [0.3, 0.4) is 0 Å².